The van der Waals surface area contributed by atoms with Crippen LogP contribution in [-0.4, -0.2) is 9.55 Å². The average molecular weight is 553 g/mol. The standard InChI is InChI=1S/C41H32N2/c1-41(2,3)29-20-23-36-35(25-29)40-37(19-12-24-42-40)43(36)30-21-22-33-34(26-30)39(28-15-8-5-9-16-28)32-18-11-10-17-31(32)38(33)27-13-6-4-7-14-27/h4-26H,1-3H3. The predicted octanol–water partition coefficient (Wildman–Crippen LogP) is 11.1. The molecule has 2 heteroatoms. The van der Waals surface area contributed by atoms with E-state index < -0.39 is 0 Å². The van der Waals surface area contributed by atoms with Crippen LogP contribution in [0.1, 0.15) is 26.3 Å². The number of benzene rings is 6. The minimum atomic E-state index is 0.0554. The molecule has 8 aromatic rings. The Labute approximate surface area is 251 Å². The Kier molecular flexibility index (Phi) is 5.74. The maximum atomic E-state index is 4.88. The first-order chi connectivity index (χ1) is 21.0. The summed E-state index contributed by atoms with van der Waals surface area (Å²) in [6.45, 7) is 6.80. The van der Waals surface area contributed by atoms with Gasteiger partial charge in [-0.2, -0.15) is 0 Å². The van der Waals surface area contributed by atoms with Gasteiger partial charge in [0, 0.05) is 17.3 Å². The van der Waals surface area contributed by atoms with Crippen LogP contribution in [0.5, 0.6) is 0 Å². The van der Waals surface area contributed by atoms with Crippen molar-refractivity contribution in [1.82, 2.24) is 9.55 Å². The van der Waals surface area contributed by atoms with E-state index in [1.54, 1.807) is 0 Å². The van der Waals surface area contributed by atoms with E-state index in [9.17, 15) is 0 Å². The molecule has 8 rings (SSSR count). The smallest absolute Gasteiger partial charge is 0.0963 e. The van der Waals surface area contributed by atoms with Gasteiger partial charge in [-0.1, -0.05) is 118 Å². The van der Waals surface area contributed by atoms with Crippen molar-refractivity contribution in [1.29, 1.82) is 0 Å². The number of pyridine rings is 1. The maximum absolute atomic E-state index is 4.88. The van der Waals surface area contributed by atoms with Gasteiger partial charge in [-0.25, -0.2) is 0 Å². The van der Waals surface area contributed by atoms with Crippen LogP contribution >= 0.6 is 0 Å². The molecule has 2 heterocycles. The van der Waals surface area contributed by atoms with Crippen LogP contribution in [0.3, 0.4) is 0 Å². The number of rotatable bonds is 3. The zero-order valence-electron chi connectivity index (χ0n) is 24.7. The van der Waals surface area contributed by atoms with E-state index in [2.05, 4.69) is 153 Å². The Morgan fingerprint density at radius 1 is 0.488 bits per heavy atom. The minimum absolute atomic E-state index is 0.0554. The van der Waals surface area contributed by atoms with Gasteiger partial charge in [0.2, 0.25) is 0 Å². The summed E-state index contributed by atoms with van der Waals surface area (Å²) in [5.41, 5.74) is 10.8. The third kappa shape index (κ3) is 4.06. The summed E-state index contributed by atoms with van der Waals surface area (Å²) >= 11 is 0. The third-order valence-corrected chi connectivity index (χ3v) is 8.78. The number of hydrogen-bond acceptors (Lipinski definition) is 1. The van der Waals surface area contributed by atoms with E-state index in [-0.39, 0.29) is 5.41 Å². The molecule has 0 N–H and O–H groups in total. The molecule has 0 amide bonds. The fraction of sp³-hybridized carbons (Fsp3) is 0.0976. The maximum Gasteiger partial charge on any atom is 0.0963 e. The predicted molar refractivity (Wildman–Crippen MR) is 183 cm³/mol. The SMILES string of the molecule is CC(C)(C)c1ccc2c(c1)c1ncccc1n2-c1ccc2c(-c3ccccc3)c3ccccc3c(-c3ccccc3)c2c1. The quantitative estimate of drug-likeness (QED) is 0.199. The van der Waals surface area contributed by atoms with E-state index in [0.717, 1.165) is 16.7 Å². The second-order valence-electron chi connectivity index (χ2n) is 12.4. The van der Waals surface area contributed by atoms with Crippen molar-refractivity contribution in [2.75, 3.05) is 0 Å². The molecular formula is C41H32N2. The average Bonchev–Trinajstić information content (AvgIpc) is 3.37. The molecule has 0 aliphatic rings. The number of aromatic nitrogens is 2. The highest BCUT2D eigenvalue weighted by Crippen LogP contribution is 2.45. The molecule has 0 bridgehead atoms. The van der Waals surface area contributed by atoms with Crippen LogP contribution in [0, 0.1) is 0 Å². The molecule has 0 spiro atoms. The van der Waals surface area contributed by atoms with Crippen LogP contribution < -0.4 is 0 Å². The number of nitrogens with zero attached hydrogens (tertiary/aromatic N) is 2. The van der Waals surface area contributed by atoms with E-state index in [0.29, 0.717) is 0 Å². The third-order valence-electron chi connectivity index (χ3n) is 8.78. The normalized spacial score (nSPS) is 12.1. The molecule has 6 aromatic carbocycles. The van der Waals surface area contributed by atoms with Crippen molar-refractivity contribution in [2.45, 2.75) is 26.2 Å². The summed E-state index contributed by atoms with van der Waals surface area (Å²) in [4.78, 5) is 4.88. The van der Waals surface area contributed by atoms with E-state index >= 15 is 0 Å². The van der Waals surface area contributed by atoms with Gasteiger partial charge in [-0.15, -0.1) is 0 Å². The number of fused-ring (bicyclic) bond motifs is 5. The molecule has 206 valence electrons. The summed E-state index contributed by atoms with van der Waals surface area (Å²) in [6, 6.07) is 48.6. The molecule has 0 aliphatic heterocycles. The molecule has 2 aromatic heterocycles. The molecule has 0 fully saturated rings. The second kappa shape index (κ2) is 9.68. The van der Waals surface area contributed by atoms with Gasteiger partial charge in [0.15, 0.2) is 0 Å². The van der Waals surface area contributed by atoms with Crippen molar-refractivity contribution >= 4 is 43.5 Å². The van der Waals surface area contributed by atoms with Crippen molar-refractivity contribution in [2.24, 2.45) is 0 Å². The van der Waals surface area contributed by atoms with Gasteiger partial charge < -0.3 is 4.57 Å². The molecular weight excluding hydrogens is 520 g/mol. The molecule has 0 unspecified atom stereocenters. The fourth-order valence-corrected chi connectivity index (χ4v) is 6.72. The van der Waals surface area contributed by atoms with Crippen LogP contribution in [-0.2, 0) is 5.41 Å². The van der Waals surface area contributed by atoms with Gasteiger partial charge in [0.25, 0.3) is 0 Å². The van der Waals surface area contributed by atoms with Crippen LogP contribution in [0.2, 0.25) is 0 Å². The summed E-state index contributed by atoms with van der Waals surface area (Å²) in [5.74, 6) is 0. The summed E-state index contributed by atoms with van der Waals surface area (Å²) < 4.78 is 2.38. The second-order valence-corrected chi connectivity index (χ2v) is 12.4. The van der Waals surface area contributed by atoms with E-state index in [1.165, 1.54) is 60.3 Å². The molecule has 0 saturated carbocycles. The highest BCUT2D eigenvalue weighted by Gasteiger charge is 2.21. The van der Waals surface area contributed by atoms with Gasteiger partial charge in [-0.05, 0) is 91.2 Å². The first-order valence-corrected chi connectivity index (χ1v) is 15.0. The first-order valence-electron chi connectivity index (χ1n) is 15.0. The lowest BCUT2D eigenvalue weighted by Gasteiger charge is -2.20. The Balaban J connectivity index is 1.51. The zero-order chi connectivity index (χ0) is 29.1. The Hall–Kier alpha value is -5.21. The fourth-order valence-electron chi connectivity index (χ4n) is 6.72. The van der Waals surface area contributed by atoms with Crippen LogP contribution in [0.4, 0.5) is 0 Å². The molecule has 43 heavy (non-hydrogen) atoms. The topological polar surface area (TPSA) is 17.8 Å². The van der Waals surface area contributed by atoms with Crippen molar-refractivity contribution in [3.63, 3.8) is 0 Å². The van der Waals surface area contributed by atoms with Gasteiger partial charge >= 0.3 is 0 Å². The molecule has 0 aliphatic carbocycles. The molecule has 0 radical (unpaired) electrons. The summed E-state index contributed by atoms with van der Waals surface area (Å²) in [6.07, 6.45) is 1.90. The Bertz CT molecular complexity index is 2300. The summed E-state index contributed by atoms with van der Waals surface area (Å²) in [7, 11) is 0. The molecule has 2 nitrogen and oxygen atoms in total. The molecule has 0 saturated heterocycles. The van der Waals surface area contributed by atoms with E-state index in [4.69, 9.17) is 4.98 Å². The molecule has 0 atom stereocenters. The van der Waals surface area contributed by atoms with Gasteiger partial charge in [0.1, 0.15) is 0 Å². The Morgan fingerprint density at radius 3 is 1.74 bits per heavy atom. The van der Waals surface area contributed by atoms with Crippen molar-refractivity contribution < 1.29 is 0 Å². The lowest BCUT2D eigenvalue weighted by Crippen LogP contribution is -2.10. The lowest BCUT2D eigenvalue weighted by atomic mass is 9.86. The van der Waals surface area contributed by atoms with Crippen molar-refractivity contribution in [3.8, 4) is 27.9 Å². The largest absolute Gasteiger partial charge is 0.308 e. The Morgan fingerprint density at radius 2 is 1.09 bits per heavy atom. The van der Waals surface area contributed by atoms with Gasteiger partial charge in [-0.3, -0.25) is 4.98 Å². The summed E-state index contributed by atoms with van der Waals surface area (Å²) in [5, 5.41) is 6.21. The van der Waals surface area contributed by atoms with E-state index in [1.807, 2.05) is 12.3 Å². The van der Waals surface area contributed by atoms with Crippen LogP contribution in [0.15, 0.2) is 140 Å². The number of hydrogen-bond donors (Lipinski definition) is 0. The minimum Gasteiger partial charge on any atom is -0.308 e. The van der Waals surface area contributed by atoms with Crippen LogP contribution in [0.25, 0.3) is 71.4 Å². The monoisotopic (exact) mass is 552 g/mol. The van der Waals surface area contributed by atoms with Crippen molar-refractivity contribution in [3.05, 3.63) is 145 Å². The highest BCUT2D eigenvalue weighted by molar-refractivity contribution is 6.22. The zero-order valence-corrected chi connectivity index (χ0v) is 24.7. The lowest BCUT2D eigenvalue weighted by molar-refractivity contribution is 0.591. The highest BCUT2D eigenvalue weighted by atomic mass is 15.0. The first kappa shape index (κ1) is 25.5. The van der Waals surface area contributed by atoms with Gasteiger partial charge in [0.05, 0.1) is 16.6 Å².